The molecule has 1 aromatic carbocycles. The normalized spacial score (nSPS) is 10.6. The minimum absolute atomic E-state index is 0.171. The van der Waals surface area contributed by atoms with E-state index in [1.54, 1.807) is 17.4 Å². The number of benzene rings is 1. The standard InChI is InChI=1S/C15H16N6S/c1-21(13-7-12(16)19-15(17)20-13)8-11-9-22-14(18-11)10-5-3-2-4-6-10/h2-7,9H,8H2,1H3,(H4,16,17,19,20). The summed E-state index contributed by atoms with van der Waals surface area (Å²) in [5.74, 6) is 1.21. The molecule has 112 valence electrons. The molecule has 0 unspecified atom stereocenters. The van der Waals surface area contributed by atoms with Crippen LogP contribution in [0.25, 0.3) is 10.6 Å². The maximum atomic E-state index is 5.70. The van der Waals surface area contributed by atoms with Gasteiger partial charge in [0.1, 0.15) is 16.6 Å². The summed E-state index contributed by atoms with van der Waals surface area (Å²) in [4.78, 5) is 14.7. The number of nitrogens with zero attached hydrogens (tertiary/aromatic N) is 4. The third-order valence-corrected chi connectivity index (χ3v) is 4.05. The molecule has 2 aromatic heterocycles. The Kier molecular flexibility index (Phi) is 3.88. The van der Waals surface area contributed by atoms with Gasteiger partial charge in [-0.1, -0.05) is 30.3 Å². The van der Waals surface area contributed by atoms with Gasteiger partial charge in [-0.15, -0.1) is 11.3 Å². The highest BCUT2D eigenvalue weighted by molar-refractivity contribution is 7.13. The molecule has 0 fully saturated rings. The van der Waals surface area contributed by atoms with Crippen LogP contribution >= 0.6 is 11.3 Å². The largest absolute Gasteiger partial charge is 0.383 e. The Morgan fingerprint density at radius 3 is 2.59 bits per heavy atom. The third kappa shape index (κ3) is 3.15. The van der Waals surface area contributed by atoms with Gasteiger partial charge in [0.05, 0.1) is 12.2 Å². The highest BCUT2D eigenvalue weighted by atomic mass is 32.1. The van der Waals surface area contributed by atoms with Gasteiger partial charge in [-0.3, -0.25) is 0 Å². The number of thiazole rings is 1. The van der Waals surface area contributed by atoms with E-state index in [4.69, 9.17) is 11.5 Å². The van der Waals surface area contributed by atoms with Crippen molar-refractivity contribution in [3.63, 3.8) is 0 Å². The van der Waals surface area contributed by atoms with E-state index in [1.807, 2.05) is 35.5 Å². The molecule has 22 heavy (non-hydrogen) atoms. The molecule has 6 nitrogen and oxygen atoms in total. The molecule has 0 aliphatic rings. The fourth-order valence-electron chi connectivity index (χ4n) is 2.08. The minimum Gasteiger partial charge on any atom is -0.383 e. The van der Waals surface area contributed by atoms with Crippen LogP contribution in [0.4, 0.5) is 17.6 Å². The molecule has 0 spiro atoms. The second kappa shape index (κ2) is 5.98. The van der Waals surface area contributed by atoms with E-state index in [-0.39, 0.29) is 5.95 Å². The summed E-state index contributed by atoms with van der Waals surface area (Å²) in [6.07, 6.45) is 0. The van der Waals surface area contributed by atoms with Crippen molar-refractivity contribution in [2.45, 2.75) is 6.54 Å². The highest BCUT2D eigenvalue weighted by Gasteiger charge is 2.10. The molecule has 3 aromatic rings. The van der Waals surface area contributed by atoms with Crippen LogP contribution in [0.5, 0.6) is 0 Å². The van der Waals surface area contributed by atoms with E-state index in [0.717, 1.165) is 16.3 Å². The van der Waals surface area contributed by atoms with Crippen LogP contribution < -0.4 is 16.4 Å². The number of anilines is 3. The van der Waals surface area contributed by atoms with Crippen molar-refractivity contribution >= 4 is 28.9 Å². The first-order valence-electron chi connectivity index (χ1n) is 6.73. The summed E-state index contributed by atoms with van der Waals surface area (Å²) in [6, 6.07) is 11.8. The third-order valence-electron chi connectivity index (χ3n) is 3.11. The summed E-state index contributed by atoms with van der Waals surface area (Å²) in [5, 5.41) is 3.05. The Bertz CT molecular complexity index is 750. The molecule has 3 rings (SSSR count). The van der Waals surface area contributed by atoms with Crippen LogP contribution in [-0.2, 0) is 6.54 Å². The Labute approximate surface area is 132 Å². The average molecular weight is 312 g/mol. The predicted molar refractivity (Wildman–Crippen MR) is 90.5 cm³/mol. The van der Waals surface area contributed by atoms with E-state index >= 15 is 0 Å². The molecule has 0 atom stereocenters. The molecule has 0 aliphatic heterocycles. The molecular formula is C15H16N6S. The highest BCUT2D eigenvalue weighted by Crippen LogP contribution is 2.24. The monoisotopic (exact) mass is 312 g/mol. The molecular weight excluding hydrogens is 296 g/mol. The SMILES string of the molecule is CN(Cc1csc(-c2ccccc2)n1)c1cc(N)nc(N)n1. The van der Waals surface area contributed by atoms with Gasteiger partial charge >= 0.3 is 0 Å². The fourth-order valence-corrected chi connectivity index (χ4v) is 2.90. The number of hydrogen-bond acceptors (Lipinski definition) is 7. The predicted octanol–water partition coefficient (Wildman–Crippen LogP) is 2.40. The van der Waals surface area contributed by atoms with Crippen LogP contribution in [0.1, 0.15) is 5.69 Å². The number of nitrogen functional groups attached to an aromatic ring is 2. The van der Waals surface area contributed by atoms with Crippen molar-refractivity contribution in [2.75, 3.05) is 23.4 Å². The molecule has 0 saturated heterocycles. The van der Waals surface area contributed by atoms with Crippen molar-refractivity contribution in [3.8, 4) is 10.6 Å². The van der Waals surface area contributed by atoms with E-state index in [9.17, 15) is 0 Å². The first kappa shape index (κ1) is 14.3. The lowest BCUT2D eigenvalue weighted by Crippen LogP contribution is -2.19. The zero-order valence-electron chi connectivity index (χ0n) is 12.1. The van der Waals surface area contributed by atoms with Crippen molar-refractivity contribution in [1.82, 2.24) is 15.0 Å². The average Bonchev–Trinajstić information content (AvgIpc) is 2.95. The molecule has 4 N–H and O–H groups in total. The number of hydrogen-bond donors (Lipinski definition) is 2. The Morgan fingerprint density at radius 1 is 1.09 bits per heavy atom. The number of nitrogens with two attached hydrogens (primary N) is 2. The van der Waals surface area contributed by atoms with Crippen molar-refractivity contribution in [3.05, 3.63) is 47.5 Å². The van der Waals surface area contributed by atoms with E-state index in [0.29, 0.717) is 18.2 Å². The molecule has 0 bridgehead atoms. The van der Waals surface area contributed by atoms with Crippen molar-refractivity contribution in [2.24, 2.45) is 0 Å². The summed E-state index contributed by atoms with van der Waals surface area (Å²) < 4.78 is 0. The van der Waals surface area contributed by atoms with Crippen LogP contribution in [-0.4, -0.2) is 22.0 Å². The lowest BCUT2D eigenvalue weighted by atomic mass is 10.2. The van der Waals surface area contributed by atoms with Crippen LogP contribution in [0.15, 0.2) is 41.8 Å². The van der Waals surface area contributed by atoms with Crippen LogP contribution in [0.2, 0.25) is 0 Å². The molecule has 0 aliphatic carbocycles. The summed E-state index contributed by atoms with van der Waals surface area (Å²) >= 11 is 1.63. The molecule has 0 amide bonds. The maximum Gasteiger partial charge on any atom is 0.223 e. The van der Waals surface area contributed by atoms with Crippen LogP contribution in [0, 0.1) is 0 Å². The van der Waals surface area contributed by atoms with Gasteiger partial charge in [-0.05, 0) is 0 Å². The van der Waals surface area contributed by atoms with Gasteiger partial charge in [0.25, 0.3) is 0 Å². The second-order valence-corrected chi connectivity index (χ2v) is 5.73. The molecule has 0 radical (unpaired) electrons. The maximum absolute atomic E-state index is 5.70. The lowest BCUT2D eigenvalue weighted by Gasteiger charge is -2.17. The zero-order chi connectivity index (χ0) is 15.5. The Hall–Kier alpha value is -2.67. The van der Waals surface area contributed by atoms with Crippen molar-refractivity contribution in [1.29, 1.82) is 0 Å². The quantitative estimate of drug-likeness (QED) is 0.768. The molecule has 0 saturated carbocycles. The zero-order valence-corrected chi connectivity index (χ0v) is 12.9. The summed E-state index contributed by atoms with van der Waals surface area (Å²) in [7, 11) is 1.92. The second-order valence-electron chi connectivity index (χ2n) is 4.88. The Balaban J connectivity index is 1.77. The number of aromatic nitrogens is 3. The van der Waals surface area contributed by atoms with Gasteiger partial charge in [0.2, 0.25) is 5.95 Å². The van der Waals surface area contributed by atoms with Gasteiger partial charge in [-0.2, -0.15) is 9.97 Å². The lowest BCUT2D eigenvalue weighted by molar-refractivity contribution is 0.872. The van der Waals surface area contributed by atoms with Crippen molar-refractivity contribution < 1.29 is 0 Å². The minimum atomic E-state index is 0.171. The molecule has 7 heteroatoms. The smallest absolute Gasteiger partial charge is 0.223 e. The van der Waals surface area contributed by atoms with Gasteiger partial charge in [0, 0.05) is 24.1 Å². The van der Waals surface area contributed by atoms with Gasteiger partial charge < -0.3 is 16.4 Å². The summed E-state index contributed by atoms with van der Waals surface area (Å²) in [5.41, 5.74) is 13.4. The van der Waals surface area contributed by atoms with Crippen LogP contribution in [0.3, 0.4) is 0 Å². The van der Waals surface area contributed by atoms with E-state index in [1.165, 1.54) is 0 Å². The molecule has 2 heterocycles. The van der Waals surface area contributed by atoms with Gasteiger partial charge in [0.15, 0.2) is 0 Å². The van der Waals surface area contributed by atoms with Gasteiger partial charge in [-0.25, -0.2) is 4.98 Å². The topological polar surface area (TPSA) is 94.0 Å². The van der Waals surface area contributed by atoms with E-state index < -0.39 is 0 Å². The fraction of sp³-hybridized carbons (Fsp3) is 0.133. The Morgan fingerprint density at radius 2 is 1.86 bits per heavy atom. The first-order valence-corrected chi connectivity index (χ1v) is 7.61. The number of rotatable bonds is 4. The van der Waals surface area contributed by atoms with E-state index in [2.05, 4.69) is 27.1 Å². The summed E-state index contributed by atoms with van der Waals surface area (Å²) in [6.45, 7) is 0.624. The first-order chi connectivity index (χ1) is 10.6.